The first kappa shape index (κ1) is 10.1. The Morgan fingerprint density at radius 2 is 2.00 bits per heavy atom. The molecule has 0 unspecified atom stereocenters. The van der Waals surface area contributed by atoms with Crippen LogP contribution in [0.15, 0.2) is 24.5 Å². The van der Waals surface area contributed by atoms with Crippen LogP contribution in [-0.4, -0.2) is 10.8 Å². The molecule has 0 spiro atoms. The molecule has 0 atom stereocenters. The zero-order chi connectivity index (χ0) is 7.40. The number of ketones is 1. The van der Waals surface area contributed by atoms with Crippen LogP contribution in [0.5, 0.6) is 0 Å². The van der Waals surface area contributed by atoms with Gasteiger partial charge in [0, 0.05) is 18.8 Å². The Morgan fingerprint density at radius 3 is 2.45 bits per heavy atom. The molecule has 0 N–H and O–H groups in total. The van der Waals surface area contributed by atoms with Crippen LogP contribution in [0.3, 0.4) is 0 Å². The third-order valence-corrected chi connectivity index (χ3v) is 1.20. The fourth-order valence-electron chi connectivity index (χ4n) is 0.788. The van der Waals surface area contributed by atoms with Gasteiger partial charge in [0.05, 0.1) is 0 Å². The number of pyridine rings is 1. The zero-order valence-electron chi connectivity index (χ0n) is 6.28. The van der Waals surface area contributed by atoms with E-state index in [4.69, 9.17) is 0 Å². The average molecular weight is 172 g/mol. The second-order valence-electron chi connectivity index (χ2n) is 2.23. The lowest BCUT2D eigenvalue weighted by molar-refractivity contribution is -0.116. The average Bonchev–Trinajstić information content (AvgIpc) is 1.88. The van der Waals surface area contributed by atoms with Gasteiger partial charge in [-0.2, -0.15) is 0 Å². The molecule has 0 aromatic carbocycles. The summed E-state index contributed by atoms with van der Waals surface area (Å²) in [6.07, 6.45) is 3.90. The number of nitrogens with zero attached hydrogens (tertiary/aromatic N) is 1. The largest absolute Gasteiger partial charge is 0.300 e. The highest BCUT2D eigenvalue weighted by molar-refractivity contribution is 5.85. The smallest absolute Gasteiger partial charge is 0.134 e. The van der Waals surface area contributed by atoms with E-state index in [-0.39, 0.29) is 18.2 Å². The Morgan fingerprint density at radius 1 is 1.45 bits per heavy atom. The van der Waals surface area contributed by atoms with Crippen molar-refractivity contribution in [3.05, 3.63) is 30.1 Å². The van der Waals surface area contributed by atoms with Gasteiger partial charge in [0.2, 0.25) is 0 Å². The lowest BCUT2D eigenvalue weighted by Gasteiger charge is -1.93. The molecule has 0 bridgehead atoms. The summed E-state index contributed by atoms with van der Waals surface area (Å²) in [5.74, 6) is 0.186. The topological polar surface area (TPSA) is 30.0 Å². The highest BCUT2D eigenvalue weighted by Gasteiger charge is 1.93. The Hall–Kier alpha value is -0.890. The van der Waals surface area contributed by atoms with Crippen LogP contribution >= 0.6 is 12.4 Å². The highest BCUT2D eigenvalue weighted by atomic mass is 35.5. The molecule has 1 heterocycles. The molecule has 0 aliphatic heterocycles. The van der Waals surface area contributed by atoms with Crippen LogP contribution in [-0.2, 0) is 11.2 Å². The third-order valence-electron chi connectivity index (χ3n) is 1.20. The van der Waals surface area contributed by atoms with Gasteiger partial charge in [0.1, 0.15) is 5.78 Å². The molecule has 0 amide bonds. The third kappa shape index (κ3) is 3.73. The molecular weight excluding hydrogens is 162 g/mol. The van der Waals surface area contributed by atoms with Gasteiger partial charge < -0.3 is 0 Å². The predicted octanol–water partition coefficient (Wildman–Crippen LogP) is 1.63. The minimum atomic E-state index is 0. The van der Waals surface area contributed by atoms with Crippen LogP contribution in [0.2, 0.25) is 0 Å². The Kier molecular flexibility index (Phi) is 4.46. The van der Waals surface area contributed by atoms with Crippen molar-refractivity contribution < 1.29 is 4.79 Å². The maximum Gasteiger partial charge on any atom is 0.134 e. The number of hydrogen-bond donors (Lipinski definition) is 0. The normalized spacial score (nSPS) is 8.45. The molecule has 1 aromatic rings. The van der Waals surface area contributed by atoms with Crippen molar-refractivity contribution in [3.63, 3.8) is 0 Å². The van der Waals surface area contributed by atoms with Crippen LogP contribution in [0.4, 0.5) is 0 Å². The maximum atomic E-state index is 10.6. The Bertz CT molecular complexity index is 223. The molecule has 11 heavy (non-hydrogen) atoms. The van der Waals surface area contributed by atoms with E-state index in [0.29, 0.717) is 6.42 Å². The zero-order valence-corrected chi connectivity index (χ0v) is 7.10. The van der Waals surface area contributed by atoms with E-state index in [9.17, 15) is 4.79 Å². The lowest BCUT2D eigenvalue weighted by atomic mass is 10.1. The minimum Gasteiger partial charge on any atom is -0.300 e. The SMILES string of the molecule is CC(=O)Cc1ccncc1.Cl. The molecular formula is C8H10ClNO. The molecule has 0 radical (unpaired) electrons. The summed E-state index contributed by atoms with van der Waals surface area (Å²) in [6.45, 7) is 1.58. The van der Waals surface area contributed by atoms with Crippen LogP contribution in [0, 0.1) is 0 Å². The van der Waals surface area contributed by atoms with E-state index >= 15 is 0 Å². The number of halogens is 1. The number of carbonyl (C=O) groups is 1. The predicted molar refractivity (Wildman–Crippen MR) is 45.9 cm³/mol. The number of hydrogen-bond acceptors (Lipinski definition) is 2. The Labute approximate surface area is 72.1 Å². The summed E-state index contributed by atoms with van der Waals surface area (Å²) >= 11 is 0. The van der Waals surface area contributed by atoms with Gasteiger partial charge in [-0.3, -0.25) is 9.78 Å². The van der Waals surface area contributed by atoms with E-state index in [1.54, 1.807) is 19.3 Å². The van der Waals surface area contributed by atoms with Crippen LogP contribution < -0.4 is 0 Å². The summed E-state index contributed by atoms with van der Waals surface area (Å²) in [7, 11) is 0. The van der Waals surface area contributed by atoms with E-state index < -0.39 is 0 Å². The first-order valence-electron chi connectivity index (χ1n) is 3.17. The van der Waals surface area contributed by atoms with Crippen molar-refractivity contribution in [2.75, 3.05) is 0 Å². The van der Waals surface area contributed by atoms with Gasteiger partial charge >= 0.3 is 0 Å². The van der Waals surface area contributed by atoms with E-state index in [1.807, 2.05) is 12.1 Å². The molecule has 0 aliphatic rings. The second kappa shape index (κ2) is 4.85. The highest BCUT2D eigenvalue weighted by Crippen LogP contribution is 1.96. The summed E-state index contributed by atoms with van der Waals surface area (Å²) in [5, 5.41) is 0. The van der Waals surface area contributed by atoms with Gasteiger partial charge in [0.25, 0.3) is 0 Å². The maximum absolute atomic E-state index is 10.6. The van der Waals surface area contributed by atoms with Crippen molar-refractivity contribution in [3.8, 4) is 0 Å². The fraction of sp³-hybridized carbons (Fsp3) is 0.250. The van der Waals surface area contributed by atoms with Crippen molar-refractivity contribution in [2.45, 2.75) is 13.3 Å². The van der Waals surface area contributed by atoms with Crippen molar-refractivity contribution in [1.82, 2.24) is 4.98 Å². The molecule has 0 aliphatic carbocycles. The monoisotopic (exact) mass is 171 g/mol. The summed E-state index contributed by atoms with van der Waals surface area (Å²) in [6, 6.07) is 3.70. The van der Waals surface area contributed by atoms with Gasteiger partial charge in [-0.15, -0.1) is 12.4 Å². The molecule has 1 aromatic heterocycles. The van der Waals surface area contributed by atoms with Crippen molar-refractivity contribution >= 4 is 18.2 Å². The summed E-state index contributed by atoms with van der Waals surface area (Å²) < 4.78 is 0. The number of Topliss-reactive ketones (excluding diaryl/α,β-unsaturated/α-hetero) is 1. The van der Waals surface area contributed by atoms with Crippen molar-refractivity contribution in [1.29, 1.82) is 0 Å². The summed E-state index contributed by atoms with van der Waals surface area (Å²) in [5.41, 5.74) is 1.03. The van der Waals surface area contributed by atoms with E-state index in [2.05, 4.69) is 4.98 Å². The molecule has 0 saturated carbocycles. The standard InChI is InChI=1S/C8H9NO.ClH/c1-7(10)6-8-2-4-9-5-3-8;/h2-5H,6H2,1H3;1H. The first-order valence-corrected chi connectivity index (χ1v) is 3.17. The second-order valence-corrected chi connectivity index (χ2v) is 2.23. The van der Waals surface area contributed by atoms with Gasteiger partial charge in [-0.1, -0.05) is 0 Å². The fourth-order valence-corrected chi connectivity index (χ4v) is 0.788. The number of aromatic nitrogens is 1. The quantitative estimate of drug-likeness (QED) is 0.677. The van der Waals surface area contributed by atoms with E-state index in [1.165, 1.54) is 0 Å². The van der Waals surface area contributed by atoms with E-state index in [0.717, 1.165) is 5.56 Å². The van der Waals surface area contributed by atoms with Crippen molar-refractivity contribution in [2.24, 2.45) is 0 Å². The van der Waals surface area contributed by atoms with Gasteiger partial charge in [-0.25, -0.2) is 0 Å². The van der Waals surface area contributed by atoms with Crippen LogP contribution in [0.25, 0.3) is 0 Å². The van der Waals surface area contributed by atoms with Crippen LogP contribution in [0.1, 0.15) is 12.5 Å². The molecule has 0 saturated heterocycles. The molecule has 60 valence electrons. The van der Waals surface area contributed by atoms with Gasteiger partial charge in [-0.05, 0) is 24.6 Å². The molecule has 2 nitrogen and oxygen atoms in total. The molecule has 1 rings (SSSR count). The first-order chi connectivity index (χ1) is 4.79. The molecule has 0 fully saturated rings. The minimum absolute atomic E-state index is 0. The Balaban J connectivity index is 0.000001000. The van der Waals surface area contributed by atoms with Gasteiger partial charge in [0.15, 0.2) is 0 Å². The summed E-state index contributed by atoms with van der Waals surface area (Å²) in [4.78, 5) is 14.4. The lowest BCUT2D eigenvalue weighted by Crippen LogP contribution is -1.95. The number of carbonyl (C=O) groups excluding carboxylic acids is 1. The molecule has 3 heteroatoms. The number of rotatable bonds is 2.